The number of methoxy groups -OCH3 is 1. The second-order valence-electron chi connectivity index (χ2n) is 3.17. The molecule has 0 fully saturated rings. The molecule has 0 bridgehead atoms. The van der Waals surface area contributed by atoms with E-state index in [0.717, 1.165) is 12.2 Å². The standard InChI is InChI=1S/C10H20N2O3S/c1-3-6-16-8-10(14)12-7-9(13)11-4-5-15-2/h3-8H2,1-2H3,(H,11,13)(H,12,14). The molecule has 0 aromatic heterocycles. The first-order valence-corrected chi connectivity index (χ1v) is 6.46. The zero-order valence-electron chi connectivity index (χ0n) is 9.88. The minimum atomic E-state index is -0.189. The van der Waals surface area contributed by atoms with Crippen LogP contribution in [-0.2, 0) is 14.3 Å². The van der Waals surface area contributed by atoms with E-state index in [1.54, 1.807) is 18.9 Å². The molecule has 0 aliphatic carbocycles. The Morgan fingerprint density at radius 1 is 1.25 bits per heavy atom. The maximum atomic E-state index is 11.2. The fraction of sp³-hybridized carbons (Fsp3) is 0.800. The zero-order chi connectivity index (χ0) is 12.2. The average Bonchev–Trinajstić information content (AvgIpc) is 2.27. The molecule has 16 heavy (non-hydrogen) atoms. The third-order valence-corrected chi connectivity index (χ3v) is 2.82. The van der Waals surface area contributed by atoms with Gasteiger partial charge < -0.3 is 15.4 Å². The van der Waals surface area contributed by atoms with E-state index >= 15 is 0 Å². The van der Waals surface area contributed by atoms with Crippen LogP contribution >= 0.6 is 11.8 Å². The SMILES string of the molecule is CCCSCC(=O)NCC(=O)NCCOC. The van der Waals surface area contributed by atoms with Crippen LogP contribution in [0.3, 0.4) is 0 Å². The molecule has 5 nitrogen and oxygen atoms in total. The van der Waals surface area contributed by atoms with Crippen molar-refractivity contribution in [2.24, 2.45) is 0 Å². The molecule has 0 rings (SSSR count). The molecule has 0 atom stereocenters. The summed E-state index contributed by atoms with van der Waals surface area (Å²) < 4.78 is 4.78. The summed E-state index contributed by atoms with van der Waals surface area (Å²) in [5.74, 6) is 1.10. The molecule has 2 N–H and O–H groups in total. The molecular weight excluding hydrogens is 228 g/mol. The van der Waals surface area contributed by atoms with Gasteiger partial charge in [-0.2, -0.15) is 11.8 Å². The van der Waals surface area contributed by atoms with Crippen LogP contribution in [0.2, 0.25) is 0 Å². The molecule has 0 aliphatic heterocycles. The molecule has 0 aromatic carbocycles. The first kappa shape index (κ1) is 15.2. The van der Waals surface area contributed by atoms with Crippen molar-refractivity contribution in [3.8, 4) is 0 Å². The van der Waals surface area contributed by atoms with Gasteiger partial charge in [-0.3, -0.25) is 9.59 Å². The van der Waals surface area contributed by atoms with Crippen molar-refractivity contribution in [3.63, 3.8) is 0 Å². The van der Waals surface area contributed by atoms with Crippen molar-refractivity contribution < 1.29 is 14.3 Å². The van der Waals surface area contributed by atoms with Crippen LogP contribution in [0.15, 0.2) is 0 Å². The van der Waals surface area contributed by atoms with E-state index in [1.165, 1.54) is 0 Å². The maximum absolute atomic E-state index is 11.2. The number of rotatable bonds is 9. The summed E-state index contributed by atoms with van der Waals surface area (Å²) in [6, 6.07) is 0. The van der Waals surface area contributed by atoms with Gasteiger partial charge in [0.05, 0.1) is 18.9 Å². The monoisotopic (exact) mass is 248 g/mol. The van der Waals surface area contributed by atoms with Crippen molar-refractivity contribution in [2.75, 3.05) is 38.3 Å². The number of carbonyl (C=O) groups excluding carboxylic acids is 2. The van der Waals surface area contributed by atoms with Gasteiger partial charge >= 0.3 is 0 Å². The molecule has 0 heterocycles. The van der Waals surface area contributed by atoms with Crippen LogP contribution in [0.1, 0.15) is 13.3 Å². The Bertz CT molecular complexity index is 190. The Balaban J connectivity index is 3.40. The van der Waals surface area contributed by atoms with E-state index in [1.807, 2.05) is 0 Å². The lowest BCUT2D eigenvalue weighted by Gasteiger charge is -2.06. The second kappa shape index (κ2) is 10.8. The Hall–Kier alpha value is -0.750. The molecule has 0 saturated heterocycles. The predicted molar refractivity (Wildman–Crippen MR) is 65.5 cm³/mol. The molecule has 0 spiro atoms. The summed E-state index contributed by atoms with van der Waals surface area (Å²) in [4.78, 5) is 22.4. The van der Waals surface area contributed by atoms with Gasteiger partial charge in [-0.15, -0.1) is 0 Å². The normalized spacial score (nSPS) is 9.88. The topological polar surface area (TPSA) is 67.4 Å². The summed E-state index contributed by atoms with van der Waals surface area (Å²) >= 11 is 1.57. The van der Waals surface area contributed by atoms with Crippen LogP contribution in [0.5, 0.6) is 0 Å². The molecule has 0 unspecified atom stereocenters. The minimum Gasteiger partial charge on any atom is -0.383 e. The summed E-state index contributed by atoms with van der Waals surface area (Å²) in [5.41, 5.74) is 0. The Morgan fingerprint density at radius 3 is 2.62 bits per heavy atom. The van der Waals surface area contributed by atoms with Crippen molar-refractivity contribution >= 4 is 23.6 Å². The van der Waals surface area contributed by atoms with Gasteiger partial charge in [-0.25, -0.2) is 0 Å². The molecule has 0 radical (unpaired) electrons. The Morgan fingerprint density at radius 2 is 2.00 bits per heavy atom. The fourth-order valence-electron chi connectivity index (χ4n) is 0.894. The third kappa shape index (κ3) is 9.79. The number of nitrogens with one attached hydrogen (secondary N) is 2. The maximum Gasteiger partial charge on any atom is 0.239 e. The van der Waals surface area contributed by atoms with Gasteiger partial charge in [0.2, 0.25) is 11.8 Å². The molecule has 0 aromatic rings. The first-order valence-electron chi connectivity index (χ1n) is 5.30. The zero-order valence-corrected chi connectivity index (χ0v) is 10.7. The predicted octanol–water partition coefficient (Wildman–Crippen LogP) is 0.00840. The van der Waals surface area contributed by atoms with Crippen LogP contribution in [0, 0.1) is 0 Å². The van der Waals surface area contributed by atoms with E-state index in [4.69, 9.17) is 4.74 Å². The van der Waals surface area contributed by atoms with Gasteiger partial charge in [-0.1, -0.05) is 6.92 Å². The van der Waals surface area contributed by atoms with E-state index < -0.39 is 0 Å². The lowest BCUT2D eigenvalue weighted by Crippen LogP contribution is -2.38. The quantitative estimate of drug-likeness (QED) is 0.564. The van der Waals surface area contributed by atoms with Gasteiger partial charge in [0.1, 0.15) is 0 Å². The molecule has 0 saturated carbocycles. The molecule has 0 aliphatic rings. The number of carbonyl (C=O) groups is 2. The van der Waals surface area contributed by atoms with Crippen molar-refractivity contribution in [3.05, 3.63) is 0 Å². The number of hydrogen-bond acceptors (Lipinski definition) is 4. The average molecular weight is 248 g/mol. The van der Waals surface area contributed by atoms with Crippen LogP contribution < -0.4 is 10.6 Å². The lowest BCUT2D eigenvalue weighted by atomic mass is 10.5. The van der Waals surface area contributed by atoms with Gasteiger partial charge in [-0.05, 0) is 12.2 Å². The number of amides is 2. The van der Waals surface area contributed by atoms with E-state index in [0.29, 0.717) is 18.9 Å². The van der Waals surface area contributed by atoms with E-state index in [2.05, 4.69) is 17.6 Å². The van der Waals surface area contributed by atoms with Crippen molar-refractivity contribution in [1.82, 2.24) is 10.6 Å². The van der Waals surface area contributed by atoms with Crippen molar-refractivity contribution in [2.45, 2.75) is 13.3 Å². The third-order valence-electron chi connectivity index (χ3n) is 1.66. The largest absolute Gasteiger partial charge is 0.383 e. The highest BCUT2D eigenvalue weighted by Gasteiger charge is 2.04. The summed E-state index contributed by atoms with van der Waals surface area (Å²) in [5, 5.41) is 5.18. The lowest BCUT2D eigenvalue weighted by molar-refractivity contribution is -0.124. The number of hydrogen-bond donors (Lipinski definition) is 2. The Labute approximate surface area is 101 Å². The highest BCUT2D eigenvalue weighted by molar-refractivity contribution is 7.99. The van der Waals surface area contributed by atoms with Crippen LogP contribution in [0.25, 0.3) is 0 Å². The summed E-state index contributed by atoms with van der Waals surface area (Å²) in [6.07, 6.45) is 1.05. The first-order chi connectivity index (χ1) is 7.70. The second-order valence-corrected chi connectivity index (χ2v) is 4.28. The van der Waals surface area contributed by atoms with Crippen LogP contribution in [-0.4, -0.2) is 50.1 Å². The Kier molecular flexibility index (Phi) is 10.3. The highest BCUT2D eigenvalue weighted by atomic mass is 32.2. The molecule has 94 valence electrons. The van der Waals surface area contributed by atoms with Gasteiger partial charge in [0, 0.05) is 13.7 Å². The minimum absolute atomic E-state index is 0.0369. The summed E-state index contributed by atoms with van der Waals surface area (Å²) in [7, 11) is 1.57. The van der Waals surface area contributed by atoms with E-state index in [9.17, 15) is 9.59 Å². The summed E-state index contributed by atoms with van der Waals surface area (Å²) in [6.45, 7) is 3.05. The number of ether oxygens (including phenoxy) is 1. The van der Waals surface area contributed by atoms with Crippen LogP contribution in [0.4, 0.5) is 0 Å². The van der Waals surface area contributed by atoms with Gasteiger partial charge in [0.15, 0.2) is 0 Å². The highest BCUT2D eigenvalue weighted by Crippen LogP contribution is 2.00. The van der Waals surface area contributed by atoms with Crippen molar-refractivity contribution in [1.29, 1.82) is 0 Å². The van der Waals surface area contributed by atoms with E-state index in [-0.39, 0.29) is 18.4 Å². The molecule has 6 heteroatoms. The molecular formula is C10H20N2O3S. The number of thioether (sulfide) groups is 1. The fourth-order valence-corrected chi connectivity index (χ4v) is 1.61. The van der Waals surface area contributed by atoms with Gasteiger partial charge in [0.25, 0.3) is 0 Å². The molecule has 2 amide bonds. The smallest absolute Gasteiger partial charge is 0.239 e.